The summed E-state index contributed by atoms with van der Waals surface area (Å²) < 4.78 is 25.4. The summed E-state index contributed by atoms with van der Waals surface area (Å²) in [5.41, 5.74) is -0.0696. The van der Waals surface area contributed by atoms with E-state index in [1.165, 1.54) is 0 Å². The van der Waals surface area contributed by atoms with Crippen LogP contribution >= 0.6 is 0 Å². The lowest BCUT2D eigenvalue weighted by Gasteiger charge is -2.22. The molecule has 0 aromatic rings. The molecule has 0 amide bonds. The van der Waals surface area contributed by atoms with Crippen molar-refractivity contribution in [1.29, 1.82) is 0 Å². The van der Waals surface area contributed by atoms with Crippen molar-refractivity contribution >= 4 is 16.0 Å². The molecule has 0 unspecified atom stereocenters. The topological polar surface area (TPSA) is 83.5 Å². The number of carbonyl (C=O) groups is 1. The molecule has 0 aromatic heterocycles. The van der Waals surface area contributed by atoms with Crippen LogP contribution in [0.25, 0.3) is 0 Å². The highest BCUT2D eigenvalue weighted by molar-refractivity contribution is 7.89. The Morgan fingerprint density at radius 1 is 1.38 bits per heavy atom. The highest BCUT2D eigenvalue weighted by Crippen LogP contribution is 2.18. The minimum atomic E-state index is -3.33. The van der Waals surface area contributed by atoms with Crippen LogP contribution in [-0.4, -0.2) is 31.8 Å². The molecule has 0 bridgehead atoms. The van der Waals surface area contributed by atoms with Gasteiger partial charge >= 0.3 is 5.97 Å². The van der Waals surface area contributed by atoms with E-state index in [4.69, 9.17) is 5.11 Å². The Morgan fingerprint density at radius 3 is 2.38 bits per heavy atom. The van der Waals surface area contributed by atoms with Crippen molar-refractivity contribution in [3.05, 3.63) is 0 Å². The Morgan fingerprint density at radius 2 is 1.94 bits per heavy atom. The van der Waals surface area contributed by atoms with Gasteiger partial charge in [0.25, 0.3) is 0 Å². The molecule has 16 heavy (non-hydrogen) atoms. The van der Waals surface area contributed by atoms with E-state index in [2.05, 4.69) is 4.72 Å². The van der Waals surface area contributed by atoms with Crippen LogP contribution in [0.15, 0.2) is 0 Å². The predicted octanol–water partition coefficient (Wildman–Crippen LogP) is 1.21. The summed E-state index contributed by atoms with van der Waals surface area (Å²) in [7, 11) is -3.33. The van der Waals surface area contributed by atoms with E-state index in [0.29, 0.717) is 6.54 Å². The molecule has 0 aliphatic rings. The predicted molar refractivity (Wildman–Crippen MR) is 62.7 cm³/mol. The Kier molecular flexibility index (Phi) is 5.96. The van der Waals surface area contributed by atoms with Gasteiger partial charge in [0.2, 0.25) is 10.0 Å². The summed E-state index contributed by atoms with van der Waals surface area (Å²) in [5.74, 6) is -1.09. The lowest BCUT2D eigenvalue weighted by molar-refractivity contribution is -0.137. The van der Waals surface area contributed by atoms with E-state index >= 15 is 0 Å². The van der Waals surface area contributed by atoms with E-state index in [-0.39, 0.29) is 24.0 Å². The van der Waals surface area contributed by atoms with Crippen molar-refractivity contribution in [2.24, 2.45) is 5.41 Å². The second-order valence-corrected chi connectivity index (χ2v) is 6.58. The van der Waals surface area contributed by atoms with Crippen LogP contribution in [0.4, 0.5) is 0 Å². The van der Waals surface area contributed by atoms with Crippen molar-refractivity contribution in [3.63, 3.8) is 0 Å². The molecule has 0 aromatic carbocycles. The number of carboxylic acid groups (broad SMARTS) is 1. The van der Waals surface area contributed by atoms with Crippen molar-refractivity contribution in [1.82, 2.24) is 4.72 Å². The first-order chi connectivity index (χ1) is 7.18. The number of sulfonamides is 1. The minimum absolute atomic E-state index is 0.0696. The molecule has 0 aliphatic carbocycles. The molecule has 0 saturated heterocycles. The largest absolute Gasteiger partial charge is 0.481 e. The average Bonchev–Trinajstić information content (AvgIpc) is 2.14. The summed E-state index contributed by atoms with van der Waals surface area (Å²) in [4.78, 5) is 10.2. The fourth-order valence-corrected chi connectivity index (χ4v) is 2.20. The van der Waals surface area contributed by atoms with Crippen LogP contribution in [0.5, 0.6) is 0 Å². The molecular weight excluding hydrogens is 230 g/mol. The number of aliphatic carboxylic acids is 1. The Bertz CT molecular complexity index is 322. The molecule has 96 valence electrons. The number of carboxylic acids is 1. The fraction of sp³-hybridized carbons (Fsp3) is 0.900. The molecule has 0 atom stereocenters. The van der Waals surface area contributed by atoms with Crippen LogP contribution < -0.4 is 4.72 Å². The Hall–Kier alpha value is -0.620. The normalized spacial score (nSPS) is 12.7. The second kappa shape index (κ2) is 6.20. The summed E-state index contributed by atoms with van der Waals surface area (Å²) in [6.45, 7) is 6.34. The Labute approximate surface area is 97.3 Å². The van der Waals surface area contributed by atoms with Gasteiger partial charge in [0.15, 0.2) is 0 Å². The first kappa shape index (κ1) is 15.4. The van der Waals surface area contributed by atoms with Gasteiger partial charge in [-0.3, -0.25) is 4.79 Å². The molecule has 0 aliphatic heterocycles. The van der Waals surface area contributed by atoms with Crippen molar-refractivity contribution in [2.45, 2.75) is 40.0 Å². The van der Waals surface area contributed by atoms with Crippen molar-refractivity contribution in [2.75, 3.05) is 12.3 Å². The number of rotatable bonds is 8. The van der Waals surface area contributed by atoms with Crippen LogP contribution in [0.2, 0.25) is 0 Å². The molecule has 0 radical (unpaired) electrons. The molecule has 0 saturated carbocycles. The van der Waals surface area contributed by atoms with E-state index < -0.39 is 16.0 Å². The van der Waals surface area contributed by atoms with E-state index in [1.807, 2.05) is 20.8 Å². The highest BCUT2D eigenvalue weighted by atomic mass is 32.2. The third-order valence-corrected chi connectivity index (χ3v) is 3.94. The number of nitrogens with one attached hydrogen (secondary N) is 1. The van der Waals surface area contributed by atoms with Crippen LogP contribution in [0.3, 0.4) is 0 Å². The zero-order valence-electron chi connectivity index (χ0n) is 10.1. The van der Waals surface area contributed by atoms with Gasteiger partial charge in [0.1, 0.15) is 0 Å². The van der Waals surface area contributed by atoms with Crippen molar-refractivity contribution in [3.8, 4) is 0 Å². The maximum Gasteiger partial charge on any atom is 0.303 e. The van der Waals surface area contributed by atoms with Gasteiger partial charge in [-0.2, -0.15) is 0 Å². The maximum absolute atomic E-state index is 11.5. The standard InChI is InChI=1S/C10H21NO4S/c1-4-10(2,3)8-11-16(14,15)7-5-6-9(12)13/h11H,4-8H2,1-3H3,(H,12,13). The molecule has 2 N–H and O–H groups in total. The van der Waals surface area contributed by atoms with Crippen LogP contribution in [0.1, 0.15) is 40.0 Å². The molecule has 0 heterocycles. The Balaban J connectivity index is 4.02. The van der Waals surface area contributed by atoms with Gasteiger partial charge < -0.3 is 5.11 Å². The number of hydrogen-bond acceptors (Lipinski definition) is 3. The summed E-state index contributed by atoms with van der Waals surface area (Å²) in [6.07, 6.45) is 0.917. The van der Waals surface area contributed by atoms with Gasteiger partial charge in [0.05, 0.1) is 5.75 Å². The number of hydrogen-bond donors (Lipinski definition) is 2. The van der Waals surface area contributed by atoms with Gasteiger partial charge in [-0.15, -0.1) is 0 Å². The minimum Gasteiger partial charge on any atom is -0.481 e. The second-order valence-electron chi connectivity index (χ2n) is 4.66. The van der Waals surface area contributed by atoms with Gasteiger partial charge in [-0.05, 0) is 18.3 Å². The molecule has 0 fully saturated rings. The lowest BCUT2D eigenvalue weighted by atomic mass is 9.91. The SMILES string of the molecule is CCC(C)(C)CNS(=O)(=O)CCCC(=O)O. The zero-order chi connectivity index (χ0) is 12.8. The first-order valence-corrected chi connectivity index (χ1v) is 7.03. The monoisotopic (exact) mass is 251 g/mol. The third kappa shape index (κ3) is 7.64. The van der Waals surface area contributed by atoms with E-state index in [9.17, 15) is 13.2 Å². The summed E-state index contributed by atoms with van der Waals surface area (Å²) in [6, 6.07) is 0. The molecular formula is C10H21NO4S. The van der Waals surface area contributed by atoms with E-state index in [0.717, 1.165) is 6.42 Å². The zero-order valence-corrected chi connectivity index (χ0v) is 10.9. The summed E-state index contributed by atoms with van der Waals surface area (Å²) >= 11 is 0. The maximum atomic E-state index is 11.5. The molecule has 0 spiro atoms. The third-order valence-electron chi connectivity index (χ3n) is 2.53. The van der Waals surface area contributed by atoms with Crippen LogP contribution in [0, 0.1) is 5.41 Å². The van der Waals surface area contributed by atoms with Gasteiger partial charge in [-0.25, -0.2) is 13.1 Å². The first-order valence-electron chi connectivity index (χ1n) is 5.38. The smallest absolute Gasteiger partial charge is 0.303 e. The highest BCUT2D eigenvalue weighted by Gasteiger charge is 2.19. The van der Waals surface area contributed by atoms with E-state index in [1.54, 1.807) is 0 Å². The van der Waals surface area contributed by atoms with Gasteiger partial charge in [0, 0.05) is 13.0 Å². The summed E-state index contributed by atoms with van der Waals surface area (Å²) in [5, 5.41) is 8.39. The van der Waals surface area contributed by atoms with Gasteiger partial charge in [-0.1, -0.05) is 20.8 Å². The molecule has 6 heteroatoms. The average molecular weight is 251 g/mol. The molecule has 5 nitrogen and oxygen atoms in total. The quantitative estimate of drug-likeness (QED) is 0.679. The molecule has 0 rings (SSSR count). The van der Waals surface area contributed by atoms with Crippen LogP contribution in [-0.2, 0) is 14.8 Å². The fourth-order valence-electron chi connectivity index (χ4n) is 0.916. The lowest BCUT2D eigenvalue weighted by Crippen LogP contribution is -2.35. The van der Waals surface area contributed by atoms with Crippen molar-refractivity contribution < 1.29 is 18.3 Å².